The van der Waals surface area contributed by atoms with E-state index >= 15 is 0 Å². The number of nitrogens with one attached hydrogen (secondary N) is 1. The number of ether oxygens (including phenoxy) is 1. The van der Waals surface area contributed by atoms with Gasteiger partial charge in [0.15, 0.2) is 0 Å². The van der Waals surface area contributed by atoms with Gasteiger partial charge in [-0.2, -0.15) is 0 Å². The quantitative estimate of drug-likeness (QED) is 0.682. The average molecular weight is 288 g/mol. The Morgan fingerprint density at radius 3 is 3.15 bits per heavy atom. The summed E-state index contributed by atoms with van der Waals surface area (Å²) in [5.74, 6) is 0. The first-order valence-corrected chi connectivity index (χ1v) is 7.15. The Hall–Kier alpha value is -1.86. The average Bonchev–Trinajstić information content (AvgIpc) is 2.75. The topological polar surface area (TPSA) is 80.8 Å². The van der Waals surface area contributed by atoms with Gasteiger partial charge in [-0.05, 0) is 19.9 Å². The molecule has 0 radical (unpaired) electrons. The highest BCUT2D eigenvalue weighted by atomic mass is 32.1. The Bertz CT molecular complexity index is 896. The summed E-state index contributed by atoms with van der Waals surface area (Å²) in [6.07, 6.45) is 0.772. The molecule has 6 nitrogen and oxygen atoms in total. The first kappa shape index (κ1) is 11.9. The Labute approximate surface area is 117 Å². The minimum atomic E-state index is -0.215. The smallest absolute Gasteiger partial charge is 0.285 e. The maximum Gasteiger partial charge on any atom is 0.285 e. The van der Waals surface area contributed by atoms with Crippen molar-refractivity contribution in [3.8, 4) is 0 Å². The molecule has 0 saturated carbocycles. The summed E-state index contributed by atoms with van der Waals surface area (Å²) in [6, 6.07) is 2.03. The van der Waals surface area contributed by atoms with Crippen LogP contribution in [-0.4, -0.2) is 26.0 Å². The maximum atomic E-state index is 11.8. The van der Waals surface area contributed by atoms with Crippen LogP contribution in [0, 0.1) is 0 Å². The van der Waals surface area contributed by atoms with Gasteiger partial charge in [-0.15, -0.1) is 16.4 Å². The summed E-state index contributed by atoms with van der Waals surface area (Å²) in [5.41, 5.74) is 2.33. The number of aromatic amines is 1. The summed E-state index contributed by atoms with van der Waals surface area (Å²) in [7, 11) is 0. The molecule has 0 bridgehead atoms. The van der Waals surface area contributed by atoms with Gasteiger partial charge in [0, 0.05) is 17.4 Å². The number of rotatable bonds is 0. The van der Waals surface area contributed by atoms with Crippen LogP contribution in [0.3, 0.4) is 0 Å². The van der Waals surface area contributed by atoms with Crippen molar-refractivity contribution in [1.29, 1.82) is 0 Å². The van der Waals surface area contributed by atoms with Crippen LogP contribution in [0.4, 0.5) is 0 Å². The molecule has 102 valence electrons. The van der Waals surface area contributed by atoms with Gasteiger partial charge < -0.3 is 4.74 Å². The highest BCUT2D eigenvalue weighted by Gasteiger charge is 2.28. The van der Waals surface area contributed by atoms with Gasteiger partial charge in [-0.1, -0.05) is 5.21 Å². The third-order valence-corrected chi connectivity index (χ3v) is 4.63. The number of nitrogens with zero attached hydrogens (tertiary/aromatic N) is 3. The van der Waals surface area contributed by atoms with Crippen molar-refractivity contribution in [2.24, 2.45) is 0 Å². The van der Waals surface area contributed by atoms with E-state index in [1.54, 1.807) is 0 Å². The van der Waals surface area contributed by atoms with E-state index in [1.165, 1.54) is 11.3 Å². The molecule has 1 aliphatic heterocycles. The van der Waals surface area contributed by atoms with E-state index in [9.17, 15) is 4.79 Å². The molecule has 4 heterocycles. The minimum Gasteiger partial charge on any atom is -0.370 e. The van der Waals surface area contributed by atoms with E-state index in [0.29, 0.717) is 16.8 Å². The fourth-order valence-electron chi connectivity index (χ4n) is 2.52. The Kier molecular flexibility index (Phi) is 2.28. The van der Waals surface area contributed by atoms with Crippen molar-refractivity contribution in [3.05, 3.63) is 27.7 Å². The predicted octanol–water partition coefficient (Wildman–Crippen LogP) is 1.78. The lowest BCUT2D eigenvalue weighted by atomic mass is 9.95. The van der Waals surface area contributed by atoms with Crippen molar-refractivity contribution < 1.29 is 4.74 Å². The molecule has 7 heteroatoms. The van der Waals surface area contributed by atoms with Crippen molar-refractivity contribution >= 4 is 31.8 Å². The van der Waals surface area contributed by atoms with Crippen LogP contribution >= 0.6 is 11.3 Å². The minimum absolute atomic E-state index is 0.193. The fourth-order valence-corrected chi connectivity index (χ4v) is 3.52. The van der Waals surface area contributed by atoms with Gasteiger partial charge in [-0.3, -0.25) is 4.79 Å². The number of hydrogen-bond acceptors (Lipinski definition) is 6. The zero-order chi connectivity index (χ0) is 13.9. The first-order chi connectivity index (χ1) is 9.53. The molecular formula is C13H12N4O2S. The number of hydrogen-bond donors (Lipinski definition) is 1. The lowest BCUT2D eigenvalue weighted by Crippen LogP contribution is -2.32. The van der Waals surface area contributed by atoms with E-state index in [0.717, 1.165) is 27.9 Å². The molecule has 0 unspecified atom stereocenters. The molecule has 1 aliphatic rings. The van der Waals surface area contributed by atoms with E-state index in [4.69, 9.17) is 9.72 Å². The number of fused-ring (bicyclic) bond motifs is 4. The van der Waals surface area contributed by atoms with Gasteiger partial charge in [0.25, 0.3) is 5.56 Å². The first-order valence-electron chi connectivity index (χ1n) is 6.34. The zero-order valence-electron chi connectivity index (χ0n) is 11.1. The number of thiophene rings is 1. The van der Waals surface area contributed by atoms with E-state index in [1.807, 2.05) is 6.07 Å². The molecule has 20 heavy (non-hydrogen) atoms. The molecule has 0 amide bonds. The molecule has 1 N–H and O–H groups in total. The summed E-state index contributed by atoms with van der Waals surface area (Å²) >= 11 is 1.36. The lowest BCUT2D eigenvalue weighted by molar-refractivity contribution is -0.0411. The SMILES string of the molecule is CC1(C)Cc2nc3sc4c(=O)[nH]nnc4c3cc2CO1. The second kappa shape index (κ2) is 3.83. The molecule has 4 rings (SSSR count). The maximum absolute atomic E-state index is 11.8. The lowest BCUT2D eigenvalue weighted by Gasteiger charge is -2.30. The molecule has 0 spiro atoms. The van der Waals surface area contributed by atoms with Gasteiger partial charge in [0.2, 0.25) is 0 Å². The summed E-state index contributed by atoms with van der Waals surface area (Å²) in [5, 5.41) is 10.9. The number of aromatic nitrogens is 4. The molecular weight excluding hydrogens is 276 g/mol. The fraction of sp³-hybridized carbons (Fsp3) is 0.385. The van der Waals surface area contributed by atoms with Crippen LogP contribution in [0.2, 0.25) is 0 Å². The van der Waals surface area contributed by atoms with Crippen molar-refractivity contribution in [1.82, 2.24) is 20.4 Å². The van der Waals surface area contributed by atoms with Crippen molar-refractivity contribution in [3.63, 3.8) is 0 Å². The van der Waals surface area contributed by atoms with E-state index in [2.05, 4.69) is 29.3 Å². The molecule has 0 fully saturated rings. The molecule has 0 aromatic carbocycles. The van der Waals surface area contributed by atoms with Crippen molar-refractivity contribution in [2.75, 3.05) is 0 Å². The normalized spacial score (nSPS) is 17.5. The van der Waals surface area contributed by atoms with Gasteiger partial charge in [0.1, 0.15) is 15.0 Å². The van der Waals surface area contributed by atoms with Gasteiger partial charge in [-0.25, -0.2) is 10.1 Å². The van der Waals surface area contributed by atoms with Crippen LogP contribution in [0.1, 0.15) is 25.1 Å². The standard InChI is InChI=1S/C13H12N4O2S/c1-13(2)4-8-6(5-19-13)3-7-9-10(20-12(7)14-8)11(18)16-17-15-9/h3H,4-5H2,1-2H3,(H,15,16,18). The summed E-state index contributed by atoms with van der Waals surface area (Å²) in [4.78, 5) is 17.3. The molecule has 0 saturated heterocycles. The zero-order valence-corrected chi connectivity index (χ0v) is 11.9. The summed E-state index contributed by atoms with van der Waals surface area (Å²) < 4.78 is 6.39. The van der Waals surface area contributed by atoms with E-state index < -0.39 is 0 Å². The van der Waals surface area contributed by atoms with Crippen LogP contribution in [0.5, 0.6) is 0 Å². The monoisotopic (exact) mass is 288 g/mol. The predicted molar refractivity (Wildman–Crippen MR) is 75.9 cm³/mol. The highest BCUT2D eigenvalue weighted by Crippen LogP contribution is 2.34. The van der Waals surface area contributed by atoms with Crippen LogP contribution in [0.15, 0.2) is 10.9 Å². The number of H-pyrrole nitrogens is 1. The summed E-state index contributed by atoms with van der Waals surface area (Å²) in [6.45, 7) is 4.66. The number of pyridine rings is 1. The third kappa shape index (κ3) is 1.66. The Morgan fingerprint density at radius 1 is 1.45 bits per heavy atom. The van der Waals surface area contributed by atoms with Crippen molar-refractivity contribution in [2.45, 2.75) is 32.5 Å². The Balaban J connectivity index is 2.04. The highest BCUT2D eigenvalue weighted by molar-refractivity contribution is 7.25. The molecule has 3 aromatic heterocycles. The van der Waals surface area contributed by atoms with Crippen LogP contribution < -0.4 is 5.56 Å². The van der Waals surface area contributed by atoms with Gasteiger partial charge >= 0.3 is 0 Å². The molecule has 3 aromatic rings. The Morgan fingerprint density at radius 2 is 2.30 bits per heavy atom. The molecule has 0 aliphatic carbocycles. The van der Waals surface area contributed by atoms with E-state index in [-0.39, 0.29) is 11.2 Å². The largest absolute Gasteiger partial charge is 0.370 e. The van der Waals surface area contributed by atoms with Crippen LogP contribution in [0.25, 0.3) is 20.4 Å². The van der Waals surface area contributed by atoms with Gasteiger partial charge in [0.05, 0.1) is 17.9 Å². The van der Waals surface area contributed by atoms with Crippen LogP contribution in [-0.2, 0) is 17.8 Å². The second-order valence-electron chi connectivity index (χ2n) is 5.59. The molecule has 0 atom stereocenters. The third-order valence-electron chi connectivity index (χ3n) is 3.54. The second-order valence-corrected chi connectivity index (χ2v) is 6.59.